The van der Waals surface area contributed by atoms with Crippen LogP contribution in [0.4, 0.5) is 8.78 Å². The smallest absolute Gasteiger partial charge is 0.280 e. The first-order valence-electron chi connectivity index (χ1n) is 9.58. The average Bonchev–Trinajstić information content (AvgIpc) is 3.26. The molecule has 0 atom stereocenters. The van der Waals surface area contributed by atoms with E-state index in [0.29, 0.717) is 43.1 Å². The van der Waals surface area contributed by atoms with Gasteiger partial charge < -0.3 is 14.4 Å². The maximum absolute atomic E-state index is 13.4. The lowest BCUT2D eigenvalue weighted by Gasteiger charge is -2.31. The van der Waals surface area contributed by atoms with Gasteiger partial charge in [-0.05, 0) is 43.2 Å². The summed E-state index contributed by atoms with van der Waals surface area (Å²) in [5.41, 5.74) is 0.339. The third-order valence-electron chi connectivity index (χ3n) is 5.21. The molecule has 10 heteroatoms. The molecule has 3 heterocycles. The van der Waals surface area contributed by atoms with Crippen molar-refractivity contribution in [3.05, 3.63) is 48.0 Å². The van der Waals surface area contributed by atoms with E-state index in [-0.39, 0.29) is 29.9 Å². The van der Waals surface area contributed by atoms with Crippen molar-refractivity contribution in [3.63, 3.8) is 0 Å². The van der Waals surface area contributed by atoms with Gasteiger partial charge >= 0.3 is 0 Å². The number of rotatable bonds is 6. The summed E-state index contributed by atoms with van der Waals surface area (Å²) in [7, 11) is 1.58. The molecule has 1 aromatic carbocycles. The number of hydrogen-bond donors (Lipinski definition) is 0. The number of methoxy groups -OCH3 is 1. The second kappa shape index (κ2) is 8.60. The Morgan fingerprint density at radius 3 is 2.57 bits per heavy atom. The SMILES string of the molecule is COc1ccc(OCC(=O)N2CCC(c3cc(C(F)F)n4ncnc4n3)CC2)cc1. The summed E-state index contributed by atoms with van der Waals surface area (Å²) in [5, 5.41) is 3.81. The Kier molecular flexibility index (Phi) is 5.73. The van der Waals surface area contributed by atoms with E-state index in [4.69, 9.17) is 9.47 Å². The fraction of sp³-hybridized carbons (Fsp3) is 0.400. The van der Waals surface area contributed by atoms with Crippen LogP contribution in [0, 0.1) is 0 Å². The summed E-state index contributed by atoms with van der Waals surface area (Å²) in [6.07, 6.45) is -0.197. The highest BCUT2D eigenvalue weighted by molar-refractivity contribution is 5.77. The topological polar surface area (TPSA) is 81.9 Å². The lowest BCUT2D eigenvalue weighted by Crippen LogP contribution is -2.40. The molecule has 1 saturated heterocycles. The van der Waals surface area contributed by atoms with Gasteiger partial charge in [0, 0.05) is 24.7 Å². The number of alkyl halides is 2. The molecule has 1 aliphatic rings. The van der Waals surface area contributed by atoms with Crippen LogP contribution in [-0.2, 0) is 4.79 Å². The molecular formula is C20H21F2N5O3. The van der Waals surface area contributed by atoms with Gasteiger partial charge in [-0.2, -0.15) is 14.6 Å². The fourth-order valence-electron chi connectivity index (χ4n) is 3.55. The number of piperidine rings is 1. The normalized spacial score (nSPS) is 15.0. The van der Waals surface area contributed by atoms with Crippen molar-refractivity contribution >= 4 is 11.7 Å². The van der Waals surface area contributed by atoms with E-state index >= 15 is 0 Å². The summed E-state index contributed by atoms with van der Waals surface area (Å²) >= 11 is 0. The largest absolute Gasteiger partial charge is 0.497 e. The van der Waals surface area contributed by atoms with Crippen LogP contribution in [0.25, 0.3) is 5.78 Å². The lowest BCUT2D eigenvalue weighted by molar-refractivity contribution is -0.134. The zero-order valence-electron chi connectivity index (χ0n) is 16.4. The van der Waals surface area contributed by atoms with Crippen molar-refractivity contribution in [2.75, 3.05) is 26.8 Å². The molecule has 1 amide bonds. The fourth-order valence-corrected chi connectivity index (χ4v) is 3.55. The number of hydrogen-bond acceptors (Lipinski definition) is 6. The Balaban J connectivity index is 1.35. The molecule has 0 radical (unpaired) electrons. The zero-order chi connectivity index (χ0) is 21.1. The van der Waals surface area contributed by atoms with Crippen LogP contribution in [0.5, 0.6) is 11.5 Å². The number of likely N-dealkylation sites (tertiary alicyclic amines) is 1. The summed E-state index contributed by atoms with van der Waals surface area (Å²) in [6.45, 7) is 0.967. The van der Waals surface area contributed by atoms with E-state index < -0.39 is 6.43 Å². The molecule has 8 nitrogen and oxygen atoms in total. The summed E-state index contributed by atoms with van der Waals surface area (Å²) in [4.78, 5) is 22.5. The monoisotopic (exact) mass is 417 g/mol. The van der Waals surface area contributed by atoms with E-state index in [2.05, 4.69) is 15.1 Å². The number of ether oxygens (including phenoxy) is 2. The molecule has 0 unspecified atom stereocenters. The number of amides is 1. The molecule has 1 fully saturated rings. The predicted octanol–water partition coefficient (Wildman–Crippen LogP) is 2.86. The van der Waals surface area contributed by atoms with Crippen LogP contribution < -0.4 is 9.47 Å². The third-order valence-corrected chi connectivity index (χ3v) is 5.21. The van der Waals surface area contributed by atoms with Crippen molar-refractivity contribution in [3.8, 4) is 11.5 Å². The summed E-state index contributed by atoms with van der Waals surface area (Å²) in [5.74, 6) is 1.33. The highest BCUT2D eigenvalue weighted by atomic mass is 19.3. The minimum Gasteiger partial charge on any atom is -0.497 e. The Bertz CT molecular complexity index is 1020. The number of aromatic nitrogens is 4. The van der Waals surface area contributed by atoms with Crippen molar-refractivity contribution in [1.82, 2.24) is 24.5 Å². The number of carbonyl (C=O) groups is 1. The quantitative estimate of drug-likeness (QED) is 0.614. The first kappa shape index (κ1) is 20.0. The van der Waals surface area contributed by atoms with Gasteiger partial charge in [0.1, 0.15) is 23.5 Å². The Labute approximate surface area is 171 Å². The van der Waals surface area contributed by atoms with E-state index in [9.17, 15) is 13.6 Å². The van der Waals surface area contributed by atoms with Crippen molar-refractivity contribution in [2.45, 2.75) is 25.2 Å². The highest BCUT2D eigenvalue weighted by Crippen LogP contribution is 2.30. The molecule has 30 heavy (non-hydrogen) atoms. The second-order valence-corrected chi connectivity index (χ2v) is 7.00. The van der Waals surface area contributed by atoms with E-state index in [1.165, 1.54) is 12.4 Å². The van der Waals surface area contributed by atoms with Gasteiger partial charge in [0.15, 0.2) is 6.61 Å². The van der Waals surface area contributed by atoms with E-state index in [0.717, 1.165) is 4.52 Å². The number of halogens is 2. The van der Waals surface area contributed by atoms with Gasteiger partial charge in [-0.1, -0.05) is 0 Å². The van der Waals surface area contributed by atoms with Crippen LogP contribution in [0.15, 0.2) is 36.7 Å². The molecule has 4 rings (SSSR count). The minimum atomic E-state index is -2.67. The number of fused-ring (bicyclic) bond motifs is 1. The number of benzene rings is 1. The van der Waals surface area contributed by atoms with Crippen LogP contribution in [-0.4, -0.2) is 57.2 Å². The van der Waals surface area contributed by atoms with Crippen LogP contribution >= 0.6 is 0 Å². The maximum atomic E-state index is 13.4. The summed E-state index contributed by atoms with van der Waals surface area (Å²) < 4.78 is 38.4. The van der Waals surface area contributed by atoms with Crippen molar-refractivity contribution in [1.29, 1.82) is 0 Å². The van der Waals surface area contributed by atoms with Crippen LogP contribution in [0.2, 0.25) is 0 Å². The lowest BCUT2D eigenvalue weighted by atomic mass is 9.93. The van der Waals surface area contributed by atoms with Gasteiger partial charge in [-0.25, -0.2) is 13.8 Å². The molecule has 1 aliphatic heterocycles. The highest BCUT2D eigenvalue weighted by Gasteiger charge is 2.27. The van der Waals surface area contributed by atoms with Crippen LogP contribution in [0.1, 0.15) is 36.6 Å². The molecule has 158 valence electrons. The molecular weight excluding hydrogens is 396 g/mol. The maximum Gasteiger partial charge on any atom is 0.280 e. The van der Waals surface area contributed by atoms with Gasteiger partial charge in [-0.15, -0.1) is 0 Å². The van der Waals surface area contributed by atoms with E-state index in [1.54, 1.807) is 36.3 Å². The first-order valence-corrected chi connectivity index (χ1v) is 9.58. The third kappa shape index (κ3) is 4.17. The molecule has 2 aromatic heterocycles. The number of carbonyl (C=O) groups excluding carboxylic acids is 1. The summed E-state index contributed by atoms with van der Waals surface area (Å²) in [6, 6.07) is 8.40. The zero-order valence-corrected chi connectivity index (χ0v) is 16.4. The molecule has 0 spiro atoms. The molecule has 0 N–H and O–H groups in total. The Hall–Kier alpha value is -3.30. The molecule has 0 saturated carbocycles. The molecule has 0 aliphatic carbocycles. The minimum absolute atomic E-state index is 0.0178. The number of nitrogens with zero attached hydrogens (tertiary/aromatic N) is 5. The second-order valence-electron chi connectivity index (χ2n) is 7.00. The van der Waals surface area contributed by atoms with Crippen LogP contribution in [0.3, 0.4) is 0 Å². The van der Waals surface area contributed by atoms with Gasteiger partial charge in [-0.3, -0.25) is 4.79 Å². The van der Waals surface area contributed by atoms with Gasteiger partial charge in [0.2, 0.25) is 0 Å². The average molecular weight is 417 g/mol. The first-order chi connectivity index (χ1) is 14.5. The molecule has 3 aromatic rings. The standard InChI is InChI=1S/C20H21F2N5O3/c1-29-14-2-4-15(5-3-14)30-11-18(28)26-8-6-13(7-9-26)16-10-17(19(21)22)27-20(25-16)23-12-24-27/h2-5,10,12-13,19H,6-9,11H2,1H3. The Morgan fingerprint density at radius 2 is 1.90 bits per heavy atom. The van der Waals surface area contributed by atoms with Crippen molar-refractivity contribution in [2.24, 2.45) is 0 Å². The van der Waals surface area contributed by atoms with Gasteiger partial charge in [0.05, 0.1) is 7.11 Å². The predicted molar refractivity (Wildman–Crippen MR) is 103 cm³/mol. The van der Waals surface area contributed by atoms with E-state index in [1.807, 2.05) is 0 Å². The van der Waals surface area contributed by atoms with Crippen molar-refractivity contribution < 1.29 is 23.0 Å². The Morgan fingerprint density at radius 1 is 1.20 bits per heavy atom. The van der Waals surface area contributed by atoms with Gasteiger partial charge in [0.25, 0.3) is 18.1 Å². The molecule has 0 bridgehead atoms.